The third-order valence-electron chi connectivity index (χ3n) is 4.06. The van der Waals surface area contributed by atoms with E-state index in [0.717, 1.165) is 26.7 Å². The summed E-state index contributed by atoms with van der Waals surface area (Å²) in [6.07, 6.45) is 0.642. The number of alkyl halides is 2. The van der Waals surface area contributed by atoms with Crippen LogP contribution in [0, 0.1) is 0 Å². The van der Waals surface area contributed by atoms with Crippen LogP contribution in [0.1, 0.15) is 22.1 Å². The smallest absolute Gasteiger partial charge is 0.387 e. The van der Waals surface area contributed by atoms with Gasteiger partial charge >= 0.3 is 6.61 Å². The van der Waals surface area contributed by atoms with E-state index in [1.165, 1.54) is 0 Å². The fourth-order valence-corrected chi connectivity index (χ4v) is 4.92. The van der Waals surface area contributed by atoms with E-state index in [1.54, 1.807) is 35.2 Å². The Morgan fingerprint density at radius 3 is 2.62 bits per heavy atom. The average Bonchev–Trinajstić information content (AvgIpc) is 3.09. The molecule has 0 saturated carbocycles. The predicted molar refractivity (Wildman–Crippen MR) is 103 cm³/mol. The summed E-state index contributed by atoms with van der Waals surface area (Å²) in [7, 11) is 0. The highest BCUT2D eigenvalue weighted by molar-refractivity contribution is 7.99. The van der Waals surface area contributed by atoms with Crippen molar-refractivity contribution >= 4 is 34.5 Å². The molecule has 0 spiro atoms. The van der Waals surface area contributed by atoms with Gasteiger partial charge in [-0.05, 0) is 29.6 Å². The van der Waals surface area contributed by atoms with Gasteiger partial charge < -0.3 is 4.74 Å². The maximum Gasteiger partial charge on any atom is 0.387 e. The first-order valence-corrected chi connectivity index (χ1v) is 9.87. The molecule has 2 aromatic carbocycles. The second-order valence-electron chi connectivity index (χ2n) is 5.73. The molecule has 2 nitrogen and oxygen atoms in total. The van der Waals surface area contributed by atoms with Crippen molar-refractivity contribution < 1.29 is 13.5 Å². The highest BCUT2D eigenvalue weighted by Crippen LogP contribution is 2.48. The lowest BCUT2D eigenvalue weighted by Crippen LogP contribution is -2.08. The van der Waals surface area contributed by atoms with Crippen LogP contribution < -0.4 is 4.74 Å². The molecule has 2 heterocycles. The summed E-state index contributed by atoms with van der Waals surface area (Å²) in [6.45, 7) is -2.84. The minimum absolute atomic E-state index is 0.0607. The number of hydrogen-bond donors (Lipinski definition) is 0. The summed E-state index contributed by atoms with van der Waals surface area (Å²) >= 11 is 3.27. The van der Waals surface area contributed by atoms with Gasteiger partial charge in [-0.15, -0.1) is 23.1 Å². The van der Waals surface area contributed by atoms with Crippen molar-refractivity contribution in [3.05, 3.63) is 76.5 Å². The molecule has 0 radical (unpaired) electrons. The van der Waals surface area contributed by atoms with Gasteiger partial charge in [-0.2, -0.15) is 8.78 Å². The Kier molecular flexibility index (Phi) is 5.04. The number of thioether (sulfide) groups is 1. The minimum Gasteiger partial charge on any atom is -0.435 e. The van der Waals surface area contributed by atoms with Crippen molar-refractivity contribution in [2.45, 2.75) is 23.2 Å². The quantitative estimate of drug-likeness (QED) is 0.496. The van der Waals surface area contributed by atoms with Crippen LogP contribution in [-0.4, -0.2) is 12.3 Å². The number of ether oxygens (including phenoxy) is 1. The molecule has 0 saturated heterocycles. The van der Waals surface area contributed by atoms with Crippen LogP contribution in [0.15, 0.2) is 75.9 Å². The second kappa shape index (κ2) is 7.60. The number of fused-ring (bicyclic) bond motifs is 1. The Morgan fingerprint density at radius 1 is 1.00 bits per heavy atom. The number of aliphatic imine (C=N–C) groups is 1. The topological polar surface area (TPSA) is 21.6 Å². The summed E-state index contributed by atoms with van der Waals surface area (Å²) in [6, 6.07) is 19.0. The van der Waals surface area contributed by atoms with E-state index in [2.05, 4.69) is 0 Å². The van der Waals surface area contributed by atoms with Crippen LogP contribution in [0.5, 0.6) is 5.75 Å². The summed E-state index contributed by atoms with van der Waals surface area (Å²) in [5.41, 5.74) is 2.64. The molecule has 1 unspecified atom stereocenters. The molecule has 1 aliphatic heterocycles. The van der Waals surface area contributed by atoms with Gasteiger partial charge in [0.2, 0.25) is 0 Å². The molecule has 0 aliphatic carbocycles. The molecule has 0 N–H and O–H groups in total. The van der Waals surface area contributed by atoms with E-state index in [0.29, 0.717) is 6.42 Å². The number of halogens is 2. The van der Waals surface area contributed by atoms with Gasteiger partial charge in [0.15, 0.2) is 0 Å². The summed E-state index contributed by atoms with van der Waals surface area (Å²) in [5, 5.41) is 1.96. The summed E-state index contributed by atoms with van der Waals surface area (Å²) < 4.78 is 30.4. The fraction of sp³-hybridized carbons (Fsp3) is 0.150. The number of benzene rings is 2. The lowest BCUT2D eigenvalue weighted by atomic mass is 10.0. The Bertz CT molecular complexity index is 925. The van der Waals surface area contributed by atoms with E-state index >= 15 is 0 Å². The molecule has 0 bridgehead atoms. The molecule has 3 aromatic rings. The minimum atomic E-state index is -2.84. The largest absolute Gasteiger partial charge is 0.435 e. The fourth-order valence-electron chi connectivity index (χ4n) is 2.93. The Hall–Kier alpha value is -2.18. The van der Waals surface area contributed by atoms with Crippen LogP contribution in [0.3, 0.4) is 0 Å². The third kappa shape index (κ3) is 3.66. The highest BCUT2D eigenvalue weighted by Gasteiger charge is 2.25. The lowest BCUT2D eigenvalue weighted by Gasteiger charge is -2.19. The molecule has 4 rings (SSSR count). The zero-order chi connectivity index (χ0) is 17.9. The Labute approximate surface area is 158 Å². The van der Waals surface area contributed by atoms with E-state index in [1.807, 2.05) is 53.9 Å². The standard InChI is InChI=1S/C20H15F2NOS2/c21-20(22)24-16-8-3-1-6-13(16)19-12-15(17-10-5-11-25-17)23-14-7-2-4-9-18(14)26-19/h1-11,19-20H,12H2. The van der Waals surface area contributed by atoms with Crippen LogP contribution in [0.2, 0.25) is 0 Å². The van der Waals surface area contributed by atoms with E-state index in [9.17, 15) is 8.78 Å². The first-order valence-electron chi connectivity index (χ1n) is 8.11. The number of hydrogen-bond acceptors (Lipinski definition) is 4. The molecule has 6 heteroatoms. The molecule has 1 aliphatic rings. The number of para-hydroxylation sites is 2. The van der Waals surface area contributed by atoms with E-state index < -0.39 is 6.61 Å². The maximum atomic E-state index is 12.8. The molecule has 1 atom stereocenters. The van der Waals surface area contributed by atoms with Crippen molar-refractivity contribution in [2.75, 3.05) is 0 Å². The average molecular weight is 387 g/mol. The van der Waals surface area contributed by atoms with Gasteiger partial charge in [-0.3, -0.25) is 4.99 Å². The lowest BCUT2D eigenvalue weighted by molar-refractivity contribution is -0.0504. The van der Waals surface area contributed by atoms with Crippen molar-refractivity contribution in [3.8, 4) is 5.75 Å². The third-order valence-corrected chi connectivity index (χ3v) is 6.28. The highest BCUT2D eigenvalue weighted by atomic mass is 32.2. The van der Waals surface area contributed by atoms with Gasteiger partial charge in [-0.25, -0.2) is 0 Å². The molecule has 26 heavy (non-hydrogen) atoms. The van der Waals surface area contributed by atoms with Gasteiger partial charge in [0, 0.05) is 27.0 Å². The van der Waals surface area contributed by atoms with Crippen molar-refractivity contribution in [2.24, 2.45) is 4.99 Å². The molecule has 1 aromatic heterocycles. The molecule has 132 valence electrons. The number of rotatable bonds is 4. The second-order valence-corrected chi connectivity index (χ2v) is 7.92. The van der Waals surface area contributed by atoms with Gasteiger partial charge in [0.1, 0.15) is 5.75 Å². The predicted octanol–water partition coefficient (Wildman–Crippen LogP) is 6.71. The van der Waals surface area contributed by atoms with Gasteiger partial charge in [0.05, 0.1) is 11.4 Å². The van der Waals surface area contributed by atoms with Crippen molar-refractivity contribution in [3.63, 3.8) is 0 Å². The van der Waals surface area contributed by atoms with E-state index in [-0.39, 0.29) is 11.0 Å². The monoisotopic (exact) mass is 387 g/mol. The van der Waals surface area contributed by atoms with Crippen LogP contribution in [0.4, 0.5) is 14.5 Å². The zero-order valence-electron chi connectivity index (χ0n) is 13.6. The molecular weight excluding hydrogens is 372 g/mol. The first-order chi connectivity index (χ1) is 12.7. The van der Waals surface area contributed by atoms with Gasteiger partial charge in [0.25, 0.3) is 0 Å². The number of nitrogens with zero attached hydrogens (tertiary/aromatic N) is 1. The Balaban J connectivity index is 1.78. The van der Waals surface area contributed by atoms with Crippen molar-refractivity contribution in [1.29, 1.82) is 0 Å². The molecule has 0 amide bonds. The molecular formula is C20H15F2NOS2. The summed E-state index contributed by atoms with van der Waals surface area (Å²) in [5.74, 6) is 0.227. The zero-order valence-corrected chi connectivity index (χ0v) is 15.3. The first kappa shape index (κ1) is 17.2. The normalized spacial score (nSPS) is 16.7. The maximum absolute atomic E-state index is 12.8. The molecule has 0 fully saturated rings. The summed E-state index contributed by atoms with van der Waals surface area (Å²) in [4.78, 5) is 7.00. The van der Waals surface area contributed by atoms with Gasteiger partial charge in [-0.1, -0.05) is 36.4 Å². The SMILES string of the molecule is FC(F)Oc1ccccc1C1CC(c2cccs2)=Nc2ccccc2S1. The van der Waals surface area contributed by atoms with E-state index in [4.69, 9.17) is 9.73 Å². The van der Waals surface area contributed by atoms with Crippen LogP contribution >= 0.6 is 23.1 Å². The van der Waals surface area contributed by atoms with Crippen LogP contribution in [-0.2, 0) is 0 Å². The Morgan fingerprint density at radius 2 is 1.81 bits per heavy atom. The van der Waals surface area contributed by atoms with Crippen LogP contribution in [0.25, 0.3) is 0 Å². The number of thiophene rings is 1. The van der Waals surface area contributed by atoms with Crippen molar-refractivity contribution in [1.82, 2.24) is 0 Å².